The van der Waals surface area contributed by atoms with Gasteiger partial charge in [0.15, 0.2) is 0 Å². The van der Waals surface area contributed by atoms with Crippen LogP contribution in [0.3, 0.4) is 0 Å². The van der Waals surface area contributed by atoms with Crippen LogP contribution in [0.15, 0.2) is 18.2 Å². The van der Waals surface area contributed by atoms with E-state index in [0.717, 1.165) is 4.90 Å². The van der Waals surface area contributed by atoms with Crippen molar-refractivity contribution in [3.8, 4) is 0 Å². The molecule has 0 bridgehead atoms. The average molecular weight is 427 g/mol. The van der Waals surface area contributed by atoms with E-state index in [4.69, 9.17) is 0 Å². The topological polar surface area (TPSA) is 95.6 Å². The minimum Gasteiger partial charge on any atom is -0.373 e. The Morgan fingerprint density at radius 3 is 2.65 bits per heavy atom. The molecule has 0 radical (unpaired) electrons. The quantitative estimate of drug-likeness (QED) is 0.328. The van der Waals surface area contributed by atoms with Gasteiger partial charge in [0.25, 0.3) is 11.8 Å². The van der Waals surface area contributed by atoms with Gasteiger partial charge in [0.1, 0.15) is 6.04 Å². The van der Waals surface area contributed by atoms with Gasteiger partial charge >= 0.3 is 0 Å². The molecule has 0 aliphatic carbocycles. The maximum absolute atomic E-state index is 12.7. The molecule has 4 amide bonds. The molecular formula is C15H14IN3O4. The Morgan fingerprint density at radius 2 is 2.00 bits per heavy atom. The molecule has 120 valence electrons. The second-order valence-corrected chi connectivity index (χ2v) is 7.30. The average Bonchev–Trinajstić information content (AvgIpc) is 2.72. The Labute approximate surface area is 145 Å². The summed E-state index contributed by atoms with van der Waals surface area (Å²) in [5.74, 6) is -1.99. The van der Waals surface area contributed by atoms with Gasteiger partial charge in [0.2, 0.25) is 11.8 Å². The summed E-state index contributed by atoms with van der Waals surface area (Å²) in [5, 5.41) is 5.31. The van der Waals surface area contributed by atoms with Crippen molar-refractivity contribution in [3.63, 3.8) is 0 Å². The number of amides is 4. The summed E-state index contributed by atoms with van der Waals surface area (Å²) in [6.07, 6.45) is 0.265. The summed E-state index contributed by atoms with van der Waals surface area (Å²) >= 11 is 2.15. The summed E-state index contributed by atoms with van der Waals surface area (Å²) < 4.78 is 0.0617. The van der Waals surface area contributed by atoms with Crippen LogP contribution in [0.1, 0.15) is 40.5 Å². The number of carbonyl (C=O) groups excluding carboxylic acids is 4. The monoisotopic (exact) mass is 427 g/mol. The van der Waals surface area contributed by atoms with E-state index in [9.17, 15) is 19.2 Å². The number of nitrogens with zero attached hydrogens (tertiary/aromatic N) is 1. The zero-order valence-electron chi connectivity index (χ0n) is 12.3. The highest BCUT2D eigenvalue weighted by Gasteiger charge is 2.45. The fraction of sp³-hybridized carbons (Fsp3) is 0.333. The summed E-state index contributed by atoms with van der Waals surface area (Å²) in [5.41, 5.74) is 1.13. The number of imide groups is 2. The molecule has 2 atom stereocenters. The van der Waals surface area contributed by atoms with E-state index in [2.05, 4.69) is 33.2 Å². The lowest BCUT2D eigenvalue weighted by molar-refractivity contribution is -0.136. The summed E-state index contributed by atoms with van der Waals surface area (Å²) in [4.78, 5) is 49.5. The molecule has 1 saturated heterocycles. The number of rotatable bonds is 3. The van der Waals surface area contributed by atoms with E-state index in [-0.39, 0.29) is 33.9 Å². The number of benzene rings is 1. The third-order valence-electron chi connectivity index (χ3n) is 3.82. The van der Waals surface area contributed by atoms with E-state index in [1.165, 1.54) is 0 Å². The molecule has 1 aromatic carbocycles. The number of halogens is 1. The van der Waals surface area contributed by atoms with Crippen molar-refractivity contribution in [2.45, 2.75) is 29.9 Å². The third-order valence-corrected chi connectivity index (χ3v) is 4.13. The van der Waals surface area contributed by atoms with Crippen LogP contribution in [0.25, 0.3) is 0 Å². The highest BCUT2D eigenvalue weighted by molar-refractivity contribution is 14.1. The lowest BCUT2D eigenvalue weighted by Gasteiger charge is -2.27. The Bertz CT molecular complexity index is 731. The minimum atomic E-state index is -0.940. The molecule has 3 rings (SSSR count). The third kappa shape index (κ3) is 2.71. The van der Waals surface area contributed by atoms with Crippen LogP contribution < -0.4 is 10.6 Å². The predicted octanol–water partition coefficient (Wildman–Crippen LogP) is 1.28. The molecule has 1 aromatic rings. The fourth-order valence-corrected chi connectivity index (χ4v) is 3.19. The first-order valence-corrected chi connectivity index (χ1v) is 8.40. The van der Waals surface area contributed by atoms with Gasteiger partial charge in [0.05, 0.1) is 15.2 Å². The van der Waals surface area contributed by atoms with Gasteiger partial charge in [0, 0.05) is 12.1 Å². The Kier molecular flexibility index (Phi) is 4.09. The van der Waals surface area contributed by atoms with Crippen LogP contribution in [0.2, 0.25) is 0 Å². The molecular weight excluding hydrogens is 413 g/mol. The predicted molar refractivity (Wildman–Crippen MR) is 90.2 cm³/mol. The molecule has 23 heavy (non-hydrogen) atoms. The Balaban J connectivity index is 1.98. The van der Waals surface area contributed by atoms with Crippen LogP contribution in [0.4, 0.5) is 5.69 Å². The van der Waals surface area contributed by atoms with Gasteiger partial charge in [-0.3, -0.25) is 29.4 Å². The normalized spacial score (nSPS) is 22.0. The van der Waals surface area contributed by atoms with Gasteiger partial charge in [-0.2, -0.15) is 0 Å². The number of piperidine rings is 1. The number of anilines is 1. The number of nitrogens with one attached hydrogen (secondary N) is 2. The highest BCUT2D eigenvalue weighted by atomic mass is 127. The van der Waals surface area contributed by atoms with Gasteiger partial charge in [-0.05, 0) is 25.5 Å². The molecule has 0 saturated carbocycles. The summed E-state index contributed by atoms with van der Waals surface area (Å²) in [6.45, 7) is 1.92. The van der Waals surface area contributed by atoms with Crippen molar-refractivity contribution in [1.82, 2.24) is 10.2 Å². The zero-order chi connectivity index (χ0) is 16.7. The molecule has 2 unspecified atom stereocenters. The van der Waals surface area contributed by atoms with Gasteiger partial charge in [-0.25, -0.2) is 0 Å². The maximum Gasteiger partial charge on any atom is 0.264 e. The Morgan fingerprint density at radius 1 is 1.26 bits per heavy atom. The summed E-state index contributed by atoms with van der Waals surface area (Å²) in [7, 11) is 0. The minimum absolute atomic E-state index is 0.0617. The molecule has 2 N–H and O–H groups in total. The van der Waals surface area contributed by atoms with Crippen molar-refractivity contribution >= 4 is 51.9 Å². The summed E-state index contributed by atoms with van der Waals surface area (Å²) in [6, 6.07) is 4.06. The van der Waals surface area contributed by atoms with E-state index < -0.39 is 23.8 Å². The van der Waals surface area contributed by atoms with Crippen LogP contribution in [0.5, 0.6) is 0 Å². The lowest BCUT2D eigenvalue weighted by Crippen LogP contribution is -2.54. The van der Waals surface area contributed by atoms with E-state index in [1.54, 1.807) is 18.2 Å². The van der Waals surface area contributed by atoms with Crippen LogP contribution in [-0.4, -0.2) is 38.6 Å². The van der Waals surface area contributed by atoms with E-state index in [0.29, 0.717) is 5.69 Å². The molecule has 8 heteroatoms. The zero-order valence-corrected chi connectivity index (χ0v) is 14.4. The van der Waals surface area contributed by atoms with Crippen LogP contribution in [0, 0.1) is 0 Å². The van der Waals surface area contributed by atoms with Crippen molar-refractivity contribution in [3.05, 3.63) is 29.3 Å². The molecule has 7 nitrogen and oxygen atoms in total. The van der Waals surface area contributed by atoms with Gasteiger partial charge in [-0.15, -0.1) is 0 Å². The van der Waals surface area contributed by atoms with Crippen molar-refractivity contribution < 1.29 is 19.2 Å². The second-order valence-electron chi connectivity index (χ2n) is 5.44. The lowest BCUT2D eigenvalue weighted by atomic mass is 10.0. The van der Waals surface area contributed by atoms with Crippen molar-refractivity contribution in [1.29, 1.82) is 0 Å². The number of carbonyl (C=O) groups is 4. The van der Waals surface area contributed by atoms with Crippen molar-refractivity contribution in [2.24, 2.45) is 0 Å². The van der Waals surface area contributed by atoms with Crippen molar-refractivity contribution in [2.75, 3.05) is 5.32 Å². The SMILES string of the molecule is CC(I)Nc1cccc2c1C(=O)N(C1CCC(=O)NC1=O)C2=O. The number of alkyl halides is 1. The highest BCUT2D eigenvalue weighted by Crippen LogP contribution is 2.32. The largest absolute Gasteiger partial charge is 0.373 e. The smallest absolute Gasteiger partial charge is 0.264 e. The standard InChI is InChI=1S/C15H14IN3O4/c1-7(16)17-9-4-2-3-8-12(9)15(23)19(14(8)22)10-5-6-11(20)18-13(10)21/h2-4,7,10,17H,5-6H2,1H3,(H,18,20,21). The molecule has 2 aliphatic rings. The first kappa shape index (κ1) is 15.9. The van der Waals surface area contributed by atoms with E-state index >= 15 is 0 Å². The Hall–Kier alpha value is -1.97. The number of hydrogen-bond donors (Lipinski definition) is 2. The molecule has 2 aliphatic heterocycles. The molecule has 0 aromatic heterocycles. The molecule has 1 fully saturated rings. The number of hydrogen-bond acceptors (Lipinski definition) is 5. The van der Waals surface area contributed by atoms with Crippen LogP contribution in [-0.2, 0) is 9.59 Å². The maximum atomic E-state index is 12.7. The fourth-order valence-electron chi connectivity index (χ4n) is 2.85. The first-order chi connectivity index (χ1) is 10.9. The van der Waals surface area contributed by atoms with E-state index in [1.807, 2.05) is 6.92 Å². The van der Waals surface area contributed by atoms with Gasteiger partial charge < -0.3 is 5.32 Å². The van der Waals surface area contributed by atoms with Crippen LogP contribution >= 0.6 is 22.6 Å². The molecule has 0 spiro atoms. The molecule has 2 heterocycles. The van der Waals surface area contributed by atoms with Gasteiger partial charge in [-0.1, -0.05) is 28.7 Å². The number of fused-ring (bicyclic) bond motifs is 1. The second kappa shape index (κ2) is 5.91. The first-order valence-electron chi connectivity index (χ1n) is 7.15.